The molecule has 0 spiro atoms. The first-order valence-electron chi connectivity index (χ1n) is 28.4. The zero-order valence-corrected chi connectivity index (χ0v) is 51.5. The van der Waals surface area contributed by atoms with Crippen molar-refractivity contribution in [2.45, 2.75) is 91.9 Å². The monoisotopic (exact) mass is 1330 g/mol. The van der Waals surface area contributed by atoms with E-state index in [2.05, 4.69) is 108 Å². The first-order chi connectivity index (χ1) is 40.5. The van der Waals surface area contributed by atoms with Gasteiger partial charge in [-0.3, -0.25) is 0 Å². The van der Waals surface area contributed by atoms with Crippen LogP contribution in [0.2, 0.25) is 0 Å². The summed E-state index contributed by atoms with van der Waals surface area (Å²) >= 11 is 0. The molecule has 1 aliphatic rings. The maximum atomic E-state index is 16.6. The van der Waals surface area contributed by atoms with Crippen LogP contribution in [0.3, 0.4) is 0 Å². The van der Waals surface area contributed by atoms with Crippen LogP contribution >= 0.6 is 0 Å². The largest absolute Gasteiger partial charge is 0.509 e. The molecular weight excluding hydrogens is 1270 g/mol. The van der Waals surface area contributed by atoms with Crippen LogP contribution in [0.25, 0.3) is 72.1 Å². The van der Waals surface area contributed by atoms with Gasteiger partial charge in [0.1, 0.15) is 40.7 Å². The Labute approximate surface area is 512 Å². The van der Waals surface area contributed by atoms with Crippen molar-refractivity contribution in [2.24, 2.45) is 0 Å². The number of nitrogens with zero attached hydrogens (tertiary/aromatic N) is 4. The average Bonchev–Trinajstić information content (AvgIpc) is 1.73. The Morgan fingerprint density at radius 1 is 0.488 bits per heavy atom. The van der Waals surface area contributed by atoms with Crippen molar-refractivity contribution in [2.75, 3.05) is 9.80 Å². The van der Waals surface area contributed by atoms with Crippen molar-refractivity contribution in [3.05, 3.63) is 246 Å². The third-order valence-electron chi connectivity index (χ3n) is 15.9. The molecule has 0 radical (unpaired) electrons. The van der Waals surface area contributed by atoms with E-state index in [0.29, 0.717) is 58.4 Å². The van der Waals surface area contributed by atoms with Crippen LogP contribution < -0.4 is 14.5 Å². The first kappa shape index (κ1) is 59.3. The van der Waals surface area contributed by atoms with E-state index in [1.165, 1.54) is 0 Å². The van der Waals surface area contributed by atoms with Crippen LogP contribution in [-0.2, 0) is 31.9 Å². The second kappa shape index (κ2) is 22.8. The van der Waals surface area contributed by atoms with Gasteiger partial charge in [-0.25, -0.2) is 31.3 Å². The molecule has 0 saturated heterocycles. The summed E-state index contributed by atoms with van der Waals surface area (Å²) in [7, 11) is 0. The van der Waals surface area contributed by atoms with E-state index >= 15 is 17.6 Å². The van der Waals surface area contributed by atoms with Gasteiger partial charge in [0.25, 0.3) is 0 Å². The number of pyridine rings is 1. The minimum Gasteiger partial charge on any atom is -0.509 e. The number of para-hydroxylation sites is 3. The van der Waals surface area contributed by atoms with E-state index < -0.39 is 51.4 Å². The van der Waals surface area contributed by atoms with E-state index in [-0.39, 0.29) is 55.1 Å². The maximum absolute atomic E-state index is 16.6. The number of anilines is 4. The number of ether oxygens (including phenoxy) is 1. The molecule has 0 aliphatic carbocycles. The van der Waals surface area contributed by atoms with Crippen molar-refractivity contribution in [3.8, 4) is 61.8 Å². The Morgan fingerprint density at radius 3 is 1.60 bits per heavy atom. The van der Waals surface area contributed by atoms with Gasteiger partial charge >= 0.3 is 0 Å². The molecule has 9 aromatic carbocycles. The molecule has 0 amide bonds. The molecule has 11 aromatic rings. The number of hydrogen-bond donors (Lipinski definition) is 0. The summed E-state index contributed by atoms with van der Waals surface area (Å²) in [4.78, 5) is 8.34. The molecule has 0 atom stereocenters. The van der Waals surface area contributed by atoms with Crippen LogP contribution in [-0.4, -0.2) is 9.55 Å². The summed E-state index contributed by atoms with van der Waals surface area (Å²) in [5.41, 5.74) is 8.27. The molecule has 438 valence electrons. The molecule has 0 fully saturated rings. The Kier molecular flexibility index (Phi) is 15.7. The summed E-state index contributed by atoms with van der Waals surface area (Å²) < 4.78 is 105. The quantitative estimate of drug-likeness (QED) is 0.0955. The Hall–Kier alpha value is -8.40. The van der Waals surface area contributed by atoms with Crippen LogP contribution in [0, 0.1) is 53.7 Å². The Balaban J connectivity index is 0.00000768. The molecular formula is C74H61F6N4OPt-3. The van der Waals surface area contributed by atoms with E-state index in [1.807, 2.05) is 105 Å². The van der Waals surface area contributed by atoms with Gasteiger partial charge in [-0.2, -0.15) is 6.07 Å². The van der Waals surface area contributed by atoms with Gasteiger partial charge in [0, 0.05) is 96.7 Å². The van der Waals surface area contributed by atoms with Gasteiger partial charge in [-0.1, -0.05) is 148 Å². The topological polar surface area (TPSA) is 33.5 Å². The molecule has 1 aliphatic heterocycles. The van der Waals surface area contributed by atoms with Crippen LogP contribution in [0.1, 0.15) is 103 Å². The molecule has 12 rings (SSSR count). The first-order valence-corrected chi connectivity index (χ1v) is 28.4. The number of rotatable bonds is 11. The molecule has 3 heterocycles. The van der Waals surface area contributed by atoms with Gasteiger partial charge in [-0.15, -0.1) is 53.6 Å². The van der Waals surface area contributed by atoms with Crippen molar-refractivity contribution in [1.82, 2.24) is 9.55 Å². The fourth-order valence-electron chi connectivity index (χ4n) is 11.7. The fraction of sp³-hybridized carbons (Fsp3) is 0.189. The summed E-state index contributed by atoms with van der Waals surface area (Å²) in [5.74, 6) is -5.76. The van der Waals surface area contributed by atoms with E-state index in [1.54, 1.807) is 35.8 Å². The minimum absolute atomic E-state index is 0. The number of fused-ring (bicyclic) bond motifs is 4. The van der Waals surface area contributed by atoms with E-state index in [9.17, 15) is 8.78 Å². The van der Waals surface area contributed by atoms with Gasteiger partial charge in [-0.05, 0) is 109 Å². The molecule has 5 nitrogen and oxygen atoms in total. The zero-order chi connectivity index (χ0) is 60.0. The Bertz CT molecular complexity index is 4290. The average molecular weight is 1330 g/mol. The zero-order valence-electron chi connectivity index (χ0n) is 49.2. The van der Waals surface area contributed by atoms with Gasteiger partial charge in [0.2, 0.25) is 0 Å². The molecule has 0 bridgehead atoms. The van der Waals surface area contributed by atoms with Gasteiger partial charge in [0.15, 0.2) is 0 Å². The van der Waals surface area contributed by atoms with Crippen LogP contribution in [0.4, 0.5) is 49.1 Å². The molecule has 86 heavy (non-hydrogen) atoms. The van der Waals surface area contributed by atoms with Crippen molar-refractivity contribution < 1.29 is 52.1 Å². The molecule has 2 aromatic heterocycles. The van der Waals surface area contributed by atoms with Crippen LogP contribution in [0.5, 0.6) is 11.5 Å². The van der Waals surface area contributed by atoms with E-state index in [4.69, 9.17) is 9.72 Å². The summed E-state index contributed by atoms with van der Waals surface area (Å²) in [6.07, 6.45) is 1.83. The molecule has 12 heteroatoms. The Morgan fingerprint density at radius 2 is 1.03 bits per heavy atom. The number of aromatic nitrogens is 2. The predicted octanol–water partition coefficient (Wildman–Crippen LogP) is 21.3. The predicted molar refractivity (Wildman–Crippen MR) is 331 cm³/mol. The van der Waals surface area contributed by atoms with E-state index in [0.717, 1.165) is 66.6 Å². The normalized spacial score (nSPS) is 12.7. The molecule has 0 saturated carbocycles. The second-order valence-electron chi connectivity index (χ2n) is 24.5. The standard InChI is InChI=1S/C74H61F6N4O.Pt/c1-42(2)56-30-45(44-18-12-11-13-19-44)31-57(43(3)4)69(56)46-28-51(39-53(29-46)85-52-24-25-55-54-20-14-15-21-64(54)84(67(55)40-52)68-34-47(26-27-81-68)73(5,6)7)82-41-83(66-23-17-16-22-65(66)82)72-58(70-60(77)35-49(75)36-61(70)78)32-48(74(8,9)10)33-59(72)71-62(79)37-50(76)38-63(71)80;/h11-38,41-43H,1-10H3;/q-3;. The number of halogens is 6. The molecule has 0 N–H and O–H groups in total. The third-order valence-corrected chi connectivity index (χ3v) is 15.9. The SMILES string of the molecule is CC(C)c1cc(-c2ccccc2)cc(C(C)C)c1-c1cc(Oc2[c-]c3c(cc2)c2ccccc2n3-c2cc(C(C)(C)C)ccn2)[c-]c(N2[CH-]N(c3c(-c4c(F)cc(F)cc4F)cc(C(C)(C)C)cc3-c3c(F)cc(F)cc3F)c3ccccc32)c1.[Pt]. The van der Waals surface area contributed by atoms with Crippen molar-refractivity contribution in [3.63, 3.8) is 0 Å². The van der Waals surface area contributed by atoms with Crippen LogP contribution in [0.15, 0.2) is 170 Å². The summed E-state index contributed by atoms with van der Waals surface area (Å²) in [5, 5.41) is 1.96. The third kappa shape index (κ3) is 10.9. The summed E-state index contributed by atoms with van der Waals surface area (Å²) in [6, 6.07) is 54.8. The van der Waals surface area contributed by atoms with Crippen molar-refractivity contribution in [1.29, 1.82) is 0 Å². The van der Waals surface area contributed by atoms with Gasteiger partial charge in [0.05, 0.1) is 11.1 Å². The number of hydrogen-bond acceptors (Lipinski definition) is 4. The molecule has 0 unspecified atom stereocenters. The van der Waals surface area contributed by atoms with Crippen molar-refractivity contribution >= 4 is 44.6 Å². The smallest absolute Gasteiger partial charge is 0.136 e. The maximum Gasteiger partial charge on any atom is 0.136 e. The number of benzene rings is 9. The minimum atomic E-state index is -1.24. The summed E-state index contributed by atoms with van der Waals surface area (Å²) in [6.45, 7) is 22.4. The second-order valence-corrected chi connectivity index (χ2v) is 24.5. The fourth-order valence-corrected chi connectivity index (χ4v) is 11.7. The van der Waals surface area contributed by atoms with Gasteiger partial charge < -0.3 is 19.1 Å².